The summed E-state index contributed by atoms with van der Waals surface area (Å²) in [6.45, 7) is 10.2. The summed E-state index contributed by atoms with van der Waals surface area (Å²) in [5.74, 6) is 0. The second-order valence-corrected chi connectivity index (χ2v) is 6.16. The van der Waals surface area contributed by atoms with Gasteiger partial charge in [-0.05, 0) is 75.6 Å². The van der Waals surface area contributed by atoms with Crippen LogP contribution in [0.2, 0.25) is 0 Å². The molecule has 0 radical (unpaired) electrons. The highest BCUT2D eigenvalue weighted by Crippen LogP contribution is 2.23. The first-order valence-corrected chi connectivity index (χ1v) is 7.60. The molecule has 0 saturated carbocycles. The van der Waals surface area contributed by atoms with Gasteiger partial charge in [0.2, 0.25) is 0 Å². The van der Waals surface area contributed by atoms with Gasteiger partial charge in [0.25, 0.3) is 0 Å². The first-order chi connectivity index (χ1) is 10.4. The monoisotopic (exact) mass is 291 g/mol. The highest BCUT2D eigenvalue weighted by Gasteiger charge is 2.13. The van der Waals surface area contributed by atoms with Gasteiger partial charge in [-0.2, -0.15) is 0 Å². The van der Waals surface area contributed by atoms with Crippen molar-refractivity contribution >= 4 is 10.9 Å². The van der Waals surface area contributed by atoms with E-state index in [4.69, 9.17) is 0 Å². The number of nitrogens with zero attached hydrogens (tertiary/aromatic N) is 1. The molecule has 0 amide bonds. The molecule has 0 spiro atoms. The molecule has 22 heavy (non-hydrogen) atoms. The van der Waals surface area contributed by atoms with E-state index in [1.54, 1.807) is 0 Å². The molecular formula is C20H21NO. The van der Waals surface area contributed by atoms with Gasteiger partial charge in [-0.3, -0.25) is 4.79 Å². The van der Waals surface area contributed by atoms with Gasteiger partial charge in [-0.25, -0.2) is 0 Å². The molecule has 0 fully saturated rings. The Morgan fingerprint density at radius 2 is 1.55 bits per heavy atom. The molecule has 0 saturated heterocycles. The van der Waals surface area contributed by atoms with Crippen LogP contribution in [0.1, 0.15) is 27.9 Å². The van der Waals surface area contributed by atoms with E-state index >= 15 is 0 Å². The zero-order chi connectivity index (χ0) is 16.0. The fraction of sp³-hybridized carbons (Fsp3) is 0.250. The quantitative estimate of drug-likeness (QED) is 0.645. The average Bonchev–Trinajstić information content (AvgIpc) is 2.48. The van der Waals surface area contributed by atoms with Gasteiger partial charge in [0.15, 0.2) is 5.43 Å². The van der Waals surface area contributed by atoms with Crippen molar-refractivity contribution in [3.63, 3.8) is 0 Å². The minimum absolute atomic E-state index is 0.132. The standard InChI is InChI=1S/C20H21NO/c1-12-6-9-18-19(10-12)21(16(5)15(4)20(18)22)17-8-7-13(2)14(3)11-17/h6-11H,1-5H3. The molecule has 0 N–H and O–H groups in total. The zero-order valence-corrected chi connectivity index (χ0v) is 13.8. The number of hydrogen-bond acceptors (Lipinski definition) is 1. The predicted molar refractivity (Wildman–Crippen MR) is 93.2 cm³/mol. The van der Waals surface area contributed by atoms with Crippen molar-refractivity contribution in [2.45, 2.75) is 34.6 Å². The number of rotatable bonds is 1. The maximum Gasteiger partial charge on any atom is 0.192 e. The smallest absolute Gasteiger partial charge is 0.192 e. The third-order valence-electron chi connectivity index (χ3n) is 4.61. The summed E-state index contributed by atoms with van der Waals surface area (Å²) < 4.78 is 2.20. The highest BCUT2D eigenvalue weighted by atomic mass is 16.1. The van der Waals surface area contributed by atoms with Crippen molar-refractivity contribution < 1.29 is 0 Å². The summed E-state index contributed by atoms with van der Waals surface area (Å²) in [5.41, 5.74) is 7.74. The first kappa shape index (κ1) is 14.6. The molecule has 0 atom stereocenters. The van der Waals surface area contributed by atoms with Crippen LogP contribution in [0.25, 0.3) is 16.6 Å². The van der Waals surface area contributed by atoms with Crippen molar-refractivity contribution in [1.29, 1.82) is 0 Å². The zero-order valence-electron chi connectivity index (χ0n) is 13.8. The van der Waals surface area contributed by atoms with Gasteiger partial charge in [-0.1, -0.05) is 12.1 Å². The van der Waals surface area contributed by atoms with Crippen LogP contribution < -0.4 is 5.43 Å². The Bertz CT molecular complexity index is 948. The lowest BCUT2D eigenvalue weighted by atomic mass is 10.0. The minimum atomic E-state index is 0.132. The van der Waals surface area contributed by atoms with E-state index in [1.807, 2.05) is 26.0 Å². The molecule has 0 aliphatic carbocycles. The number of aromatic nitrogens is 1. The Morgan fingerprint density at radius 1 is 0.818 bits per heavy atom. The molecule has 0 unspecified atom stereocenters. The first-order valence-electron chi connectivity index (χ1n) is 7.60. The van der Waals surface area contributed by atoms with E-state index in [2.05, 4.69) is 49.6 Å². The summed E-state index contributed by atoms with van der Waals surface area (Å²) >= 11 is 0. The Morgan fingerprint density at radius 3 is 2.23 bits per heavy atom. The van der Waals surface area contributed by atoms with Gasteiger partial charge in [0.1, 0.15) is 0 Å². The molecule has 1 aromatic heterocycles. The summed E-state index contributed by atoms with van der Waals surface area (Å²) in [4.78, 5) is 12.6. The molecule has 2 heteroatoms. The van der Waals surface area contributed by atoms with E-state index in [9.17, 15) is 4.79 Å². The van der Waals surface area contributed by atoms with Gasteiger partial charge >= 0.3 is 0 Å². The second kappa shape index (κ2) is 5.13. The van der Waals surface area contributed by atoms with Crippen molar-refractivity contribution in [3.05, 3.63) is 74.6 Å². The highest BCUT2D eigenvalue weighted by molar-refractivity contribution is 5.82. The Balaban J connectivity index is 2.49. The van der Waals surface area contributed by atoms with Crippen LogP contribution in [-0.2, 0) is 0 Å². The van der Waals surface area contributed by atoms with Gasteiger partial charge in [0.05, 0.1) is 5.52 Å². The van der Waals surface area contributed by atoms with E-state index in [1.165, 1.54) is 11.1 Å². The minimum Gasteiger partial charge on any atom is -0.313 e. The van der Waals surface area contributed by atoms with Crippen molar-refractivity contribution in [2.24, 2.45) is 0 Å². The lowest BCUT2D eigenvalue weighted by Gasteiger charge is -2.18. The van der Waals surface area contributed by atoms with Crippen LogP contribution in [0.15, 0.2) is 41.2 Å². The van der Waals surface area contributed by atoms with Gasteiger partial charge in [-0.15, -0.1) is 0 Å². The van der Waals surface area contributed by atoms with Crippen LogP contribution in [0.4, 0.5) is 0 Å². The molecule has 2 nitrogen and oxygen atoms in total. The van der Waals surface area contributed by atoms with Crippen molar-refractivity contribution in [2.75, 3.05) is 0 Å². The summed E-state index contributed by atoms with van der Waals surface area (Å²) in [5, 5.41) is 0.784. The molecule has 0 aliphatic rings. The second-order valence-electron chi connectivity index (χ2n) is 6.16. The maximum atomic E-state index is 12.6. The molecule has 3 rings (SSSR count). The normalized spacial score (nSPS) is 11.1. The van der Waals surface area contributed by atoms with Crippen molar-refractivity contribution in [1.82, 2.24) is 4.57 Å². The van der Waals surface area contributed by atoms with Gasteiger partial charge < -0.3 is 4.57 Å². The number of hydrogen-bond donors (Lipinski definition) is 0. The summed E-state index contributed by atoms with van der Waals surface area (Å²) in [6, 6.07) is 12.5. The number of pyridine rings is 1. The molecule has 112 valence electrons. The maximum absolute atomic E-state index is 12.6. The van der Waals surface area contributed by atoms with Crippen molar-refractivity contribution in [3.8, 4) is 5.69 Å². The Kier molecular flexibility index (Phi) is 3.40. The molecule has 1 heterocycles. The third-order valence-corrected chi connectivity index (χ3v) is 4.61. The molecule has 0 bridgehead atoms. The lowest BCUT2D eigenvalue weighted by Crippen LogP contribution is -2.15. The van der Waals surface area contributed by atoms with Crippen LogP contribution in [0.5, 0.6) is 0 Å². The summed E-state index contributed by atoms with van der Waals surface area (Å²) in [7, 11) is 0. The number of fused-ring (bicyclic) bond motifs is 1. The predicted octanol–water partition coefficient (Wildman–Crippen LogP) is 4.53. The van der Waals surface area contributed by atoms with Crippen LogP contribution >= 0.6 is 0 Å². The summed E-state index contributed by atoms with van der Waals surface area (Å²) in [6.07, 6.45) is 0. The Hall–Kier alpha value is -2.35. The Labute approximate surface area is 131 Å². The van der Waals surface area contributed by atoms with E-state index < -0.39 is 0 Å². The van der Waals surface area contributed by atoms with Crippen LogP contribution in [0, 0.1) is 34.6 Å². The number of benzene rings is 2. The fourth-order valence-electron chi connectivity index (χ4n) is 2.93. The molecule has 2 aromatic carbocycles. The van der Waals surface area contributed by atoms with E-state index in [-0.39, 0.29) is 5.43 Å². The van der Waals surface area contributed by atoms with Crippen LogP contribution in [-0.4, -0.2) is 4.57 Å². The largest absolute Gasteiger partial charge is 0.313 e. The molecule has 0 aliphatic heterocycles. The van der Waals surface area contributed by atoms with E-state index in [0.717, 1.165) is 33.4 Å². The molecule has 3 aromatic rings. The third kappa shape index (κ3) is 2.16. The SMILES string of the molecule is Cc1ccc2c(=O)c(C)c(C)n(-c3ccc(C)c(C)c3)c2c1. The van der Waals surface area contributed by atoms with Crippen LogP contribution in [0.3, 0.4) is 0 Å². The van der Waals surface area contributed by atoms with Gasteiger partial charge in [0, 0.05) is 22.3 Å². The van der Waals surface area contributed by atoms with E-state index in [0.29, 0.717) is 0 Å². The lowest BCUT2D eigenvalue weighted by molar-refractivity contribution is 0.995. The molecular weight excluding hydrogens is 270 g/mol. The number of aryl methyl sites for hydroxylation is 3. The fourth-order valence-corrected chi connectivity index (χ4v) is 2.93. The average molecular weight is 291 g/mol. The topological polar surface area (TPSA) is 22.0 Å².